The quantitative estimate of drug-likeness (QED) is 0.267. The van der Waals surface area contributed by atoms with E-state index in [9.17, 15) is 24.9 Å². The van der Waals surface area contributed by atoms with Crippen LogP contribution >= 0.6 is 0 Å². The lowest BCUT2D eigenvalue weighted by Gasteiger charge is -1.99. The Balaban J connectivity index is 0.00000176. The first kappa shape index (κ1) is 21.5. The Hall–Kier alpha value is -3.54. The summed E-state index contributed by atoms with van der Waals surface area (Å²) < 4.78 is 0. The van der Waals surface area contributed by atoms with Gasteiger partial charge in [-0.2, -0.15) is 0 Å². The third kappa shape index (κ3) is 7.07. The van der Waals surface area contributed by atoms with Crippen LogP contribution in [-0.4, -0.2) is 26.9 Å². The van der Waals surface area contributed by atoms with E-state index in [1.807, 2.05) is 13.8 Å². The van der Waals surface area contributed by atoms with Crippen molar-refractivity contribution < 1.29 is 24.9 Å². The molecule has 0 spiro atoms. The molecule has 2 rings (SSSR count). The number of ketones is 2. The average Bonchev–Trinajstić information content (AvgIpc) is 2.65. The van der Waals surface area contributed by atoms with E-state index in [1.54, 1.807) is 6.07 Å². The smallest absolute Gasteiger partial charge is 0.163 e. The normalized spacial score (nSPS) is 10.6. The summed E-state index contributed by atoms with van der Waals surface area (Å²) >= 11 is 0. The van der Waals surface area contributed by atoms with Gasteiger partial charge in [0.25, 0.3) is 0 Å². The van der Waals surface area contributed by atoms with Gasteiger partial charge in [0.1, 0.15) is 5.75 Å². The average molecular weight is 369 g/mol. The number of anilines is 1. The van der Waals surface area contributed by atoms with E-state index in [1.165, 1.54) is 54.6 Å². The van der Waals surface area contributed by atoms with Gasteiger partial charge in [0.15, 0.2) is 23.1 Å². The van der Waals surface area contributed by atoms with Gasteiger partial charge in [0.05, 0.1) is 12.1 Å². The summed E-state index contributed by atoms with van der Waals surface area (Å²) in [5.74, 6) is -1.35. The molecule has 0 saturated heterocycles. The molecule has 6 nitrogen and oxygen atoms in total. The zero-order chi connectivity index (χ0) is 20.4. The van der Waals surface area contributed by atoms with Gasteiger partial charge in [0, 0.05) is 0 Å². The fourth-order valence-corrected chi connectivity index (χ4v) is 1.99. The van der Waals surface area contributed by atoms with Gasteiger partial charge in [-0.25, -0.2) is 0 Å². The van der Waals surface area contributed by atoms with Crippen molar-refractivity contribution in [1.82, 2.24) is 0 Å². The van der Waals surface area contributed by atoms with Crippen molar-refractivity contribution in [2.45, 2.75) is 20.3 Å². The van der Waals surface area contributed by atoms with Gasteiger partial charge in [-0.15, -0.1) is 0 Å². The van der Waals surface area contributed by atoms with Gasteiger partial charge >= 0.3 is 0 Å². The van der Waals surface area contributed by atoms with Crippen LogP contribution in [0.1, 0.15) is 31.4 Å². The minimum Gasteiger partial charge on any atom is -0.506 e. The number of phenolic OH excluding ortho intramolecular Hbond substituents is 3. The number of hydrogen-bond acceptors (Lipinski definition) is 6. The van der Waals surface area contributed by atoms with Crippen molar-refractivity contribution in [2.24, 2.45) is 0 Å². The molecule has 0 heterocycles. The number of carbonyl (C=O) groups is 2. The third-order valence-electron chi connectivity index (χ3n) is 3.32. The minimum absolute atomic E-state index is 0.0379. The lowest BCUT2D eigenvalue weighted by Crippen LogP contribution is -2.01. The monoisotopic (exact) mass is 369 g/mol. The van der Waals surface area contributed by atoms with Gasteiger partial charge in [-0.3, -0.25) is 9.59 Å². The molecule has 142 valence electrons. The minimum atomic E-state index is -0.396. The number of carbonyl (C=O) groups excluding carboxylic acids is 2. The molecule has 0 atom stereocenters. The van der Waals surface area contributed by atoms with Crippen LogP contribution in [-0.2, 0) is 9.59 Å². The highest BCUT2D eigenvalue weighted by atomic mass is 16.3. The van der Waals surface area contributed by atoms with Crippen LogP contribution in [0, 0.1) is 0 Å². The number of hydrogen-bond donors (Lipinski definition) is 4. The predicted molar refractivity (Wildman–Crippen MR) is 106 cm³/mol. The Bertz CT molecular complexity index is 797. The molecule has 6 heteroatoms. The molecule has 5 N–H and O–H groups in total. The standard InChI is InChI=1S/C19H17NO5.C2H6/c20-16-9-12(3-7-17(16)23)1-5-14(21)11-15(22)6-2-13-4-8-18(24)19(25)10-13;1-2/h1-10,23-25H,11,20H2;1-2H3/b5-1+,6-2+;. The largest absolute Gasteiger partial charge is 0.506 e. The number of benzene rings is 2. The first-order valence-electron chi connectivity index (χ1n) is 8.37. The summed E-state index contributed by atoms with van der Waals surface area (Å²) in [7, 11) is 0. The van der Waals surface area contributed by atoms with E-state index in [0.29, 0.717) is 11.1 Å². The van der Waals surface area contributed by atoms with Crippen LogP contribution in [0.25, 0.3) is 12.2 Å². The van der Waals surface area contributed by atoms with Crippen molar-refractivity contribution in [3.05, 3.63) is 59.7 Å². The molecule has 0 bridgehead atoms. The number of aromatic hydroxyl groups is 3. The van der Waals surface area contributed by atoms with E-state index in [4.69, 9.17) is 5.73 Å². The summed E-state index contributed by atoms with van der Waals surface area (Å²) in [6, 6.07) is 8.65. The number of allylic oxidation sites excluding steroid dienone is 2. The summed E-state index contributed by atoms with van der Waals surface area (Å²) in [4.78, 5) is 23.6. The van der Waals surface area contributed by atoms with Gasteiger partial charge in [-0.1, -0.05) is 38.1 Å². The molecule has 0 amide bonds. The lowest BCUT2D eigenvalue weighted by molar-refractivity contribution is -0.121. The Kier molecular flexibility index (Phi) is 8.32. The first-order chi connectivity index (χ1) is 12.8. The van der Waals surface area contributed by atoms with E-state index < -0.39 is 5.78 Å². The van der Waals surface area contributed by atoms with Gasteiger partial charge in [-0.05, 0) is 47.5 Å². The number of rotatable bonds is 6. The van der Waals surface area contributed by atoms with Crippen LogP contribution in [0.5, 0.6) is 17.2 Å². The highest BCUT2D eigenvalue weighted by Crippen LogP contribution is 2.25. The van der Waals surface area contributed by atoms with E-state index in [-0.39, 0.29) is 35.1 Å². The van der Waals surface area contributed by atoms with Crippen molar-refractivity contribution in [3.8, 4) is 17.2 Å². The Morgan fingerprint density at radius 2 is 1.30 bits per heavy atom. The molecule has 0 aromatic heterocycles. The molecule has 27 heavy (non-hydrogen) atoms. The second kappa shape index (κ2) is 10.5. The summed E-state index contributed by atoms with van der Waals surface area (Å²) in [5, 5.41) is 27.9. The van der Waals surface area contributed by atoms with Crippen molar-refractivity contribution >= 4 is 29.4 Å². The van der Waals surface area contributed by atoms with E-state index in [0.717, 1.165) is 0 Å². The molecule has 0 aliphatic rings. The van der Waals surface area contributed by atoms with Crippen LogP contribution in [0.2, 0.25) is 0 Å². The van der Waals surface area contributed by atoms with Crippen LogP contribution in [0.15, 0.2) is 48.6 Å². The summed E-state index contributed by atoms with van der Waals surface area (Å²) in [6.45, 7) is 4.00. The van der Waals surface area contributed by atoms with Crippen molar-refractivity contribution in [1.29, 1.82) is 0 Å². The summed E-state index contributed by atoms with van der Waals surface area (Å²) in [6.07, 6.45) is 5.15. The number of phenols is 3. The van der Waals surface area contributed by atoms with Crippen LogP contribution in [0.4, 0.5) is 5.69 Å². The second-order valence-corrected chi connectivity index (χ2v) is 5.34. The zero-order valence-electron chi connectivity index (χ0n) is 15.2. The molecule has 0 unspecified atom stereocenters. The Labute approximate surface area is 157 Å². The van der Waals surface area contributed by atoms with E-state index >= 15 is 0 Å². The molecular weight excluding hydrogens is 346 g/mol. The lowest BCUT2D eigenvalue weighted by atomic mass is 10.1. The van der Waals surface area contributed by atoms with Crippen molar-refractivity contribution in [2.75, 3.05) is 5.73 Å². The van der Waals surface area contributed by atoms with E-state index in [2.05, 4.69) is 0 Å². The first-order valence-corrected chi connectivity index (χ1v) is 8.37. The second-order valence-electron chi connectivity index (χ2n) is 5.34. The highest BCUT2D eigenvalue weighted by molar-refractivity contribution is 6.10. The maximum Gasteiger partial charge on any atom is 0.163 e. The maximum atomic E-state index is 11.8. The van der Waals surface area contributed by atoms with Crippen LogP contribution in [0.3, 0.4) is 0 Å². The highest BCUT2D eigenvalue weighted by Gasteiger charge is 2.05. The molecule has 0 aliphatic carbocycles. The van der Waals surface area contributed by atoms with Crippen LogP contribution < -0.4 is 5.73 Å². The molecule has 0 fully saturated rings. The fourth-order valence-electron chi connectivity index (χ4n) is 1.99. The number of nitrogens with two attached hydrogens (primary N) is 1. The fraction of sp³-hybridized carbons (Fsp3) is 0.143. The Morgan fingerprint density at radius 1 is 0.815 bits per heavy atom. The Morgan fingerprint density at radius 3 is 1.78 bits per heavy atom. The molecule has 0 aliphatic heterocycles. The molecule has 2 aromatic carbocycles. The zero-order valence-corrected chi connectivity index (χ0v) is 15.2. The number of nitrogen functional groups attached to an aromatic ring is 1. The third-order valence-corrected chi connectivity index (χ3v) is 3.32. The van der Waals surface area contributed by atoms with Crippen molar-refractivity contribution in [3.63, 3.8) is 0 Å². The van der Waals surface area contributed by atoms with Gasteiger partial charge < -0.3 is 21.1 Å². The topological polar surface area (TPSA) is 121 Å². The van der Waals surface area contributed by atoms with Gasteiger partial charge in [0.2, 0.25) is 0 Å². The molecule has 2 aromatic rings. The SMILES string of the molecule is CC.Nc1cc(/C=C/C(=O)CC(=O)/C=C/c2ccc(O)c(O)c2)ccc1O. The summed E-state index contributed by atoms with van der Waals surface area (Å²) in [5.41, 5.74) is 6.91. The predicted octanol–water partition coefficient (Wildman–Crippen LogP) is 3.67. The maximum absolute atomic E-state index is 11.8. The molecule has 0 radical (unpaired) electrons. The molecular formula is C21H23NO5. The molecule has 0 saturated carbocycles.